The molecule has 0 aromatic carbocycles. The van der Waals surface area contributed by atoms with Gasteiger partial charge in [-0.2, -0.15) is 5.10 Å². The van der Waals surface area contributed by atoms with Crippen LogP contribution in [-0.2, 0) is 22.9 Å². The van der Waals surface area contributed by atoms with E-state index in [2.05, 4.69) is 29.2 Å². The van der Waals surface area contributed by atoms with Crippen molar-refractivity contribution in [2.75, 3.05) is 12.8 Å². The Morgan fingerprint density at radius 2 is 2.05 bits per heavy atom. The van der Waals surface area contributed by atoms with Gasteiger partial charge < -0.3 is 5.32 Å². The standard InChI is InChI=1S/C12H24N4O2S/c1-10(2)7-16-11(14-9-15-16)6-13-8-12(3,4)19(5,17)18/h9-10,13H,6-8H2,1-5H3. The first-order chi connectivity index (χ1) is 8.63. The van der Waals surface area contributed by atoms with E-state index in [1.165, 1.54) is 12.6 Å². The van der Waals surface area contributed by atoms with Crippen molar-refractivity contribution >= 4 is 9.84 Å². The molecule has 0 saturated carbocycles. The molecule has 0 aliphatic heterocycles. The van der Waals surface area contributed by atoms with Crippen LogP contribution in [0.1, 0.15) is 33.5 Å². The zero-order chi connectivity index (χ0) is 14.7. The Bertz CT molecular complexity index is 506. The maximum absolute atomic E-state index is 11.6. The van der Waals surface area contributed by atoms with E-state index in [1.54, 1.807) is 13.8 Å². The Labute approximate surface area is 115 Å². The average molecular weight is 288 g/mol. The van der Waals surface area contributed by atoms with E-state index in [1.807, 2.05) is 4.68 Å². The Morgan fingerprint density at radius 3 is 2.58 bits per heavy atom. The minimum Gasteiger partial charge on any atom is -0.308 e. The molecule has 0 unspecified atom stereocenters. The first-order valence-electron chi connectivity index (χ1n) is 6.40. The number of nitrogens with one attached hydrogen (secondary N) is 1. The molecule has 0 radical (unpaired) electrons. The molecular weight excluding hydrogens is 264 g/mol. The molecule has 1 aromatic rings. The van der Waals surface area contributed by atoms with Crippen LogP contribution in [0, 0.1) is 5.92 Å². The fraction of sp³-hybridized carbons (Fsp3) is 0.833. The van der Waals surface area contributed by atoms with Crippen LogP contribution >= 0.6 is 0 Å². The van der Waals surface area contributed by atoms with E-state index in [0.717, 1.165) is 12.4 Å². The minimum atomic E-state index is -3.08. The second-order valence-electron chi connectivity index (χ2n) is 5.89. The summed E-state index contributed by atoms with van der Waals surface area (Å²) < 4.78 is 24.2. The van der Waals surface area contributed by atoms with Gasteiger partial charge in [0, 0.05) is 19.3 Å². The third kappa shape index (κ3) is 4.58. The van der Waals surface area contributed by atoms with Gasteiger partial charge in [-0.15, -0.1) is 0 Å². The average Bonchev–Trinajstić information content (AvgIpc) is 2.63. The number of hydrogen-bond acceptors (Lipinski definition) is 5. The van der Waals surface area contributed by atoms with E-state index in [0.29, 0.717) is 19.0 Å². The molecule has 1 heterocycles. The molecule has 0 aliphatic carbocycles. The van der Waals surface area contributed by atoms with Crippen LogP contribution in [0.3, 0.4) is 0 Å². The second-order valence-corrected chi connectivity index (χ2v) is 8.54. The normalized spacial score (nSPS) is 13.2. The fourth-order valence-corrected chi connectivity index (χ4v) is 1.89. The smallest absolute Gasteiger partial charge is 0.153 e. The highest BCUT2D eigenvalue weighted by Gasteiger charge is 2.29. The molecule has 0 spiro atoms. The predicted molar refractivity (Wildman–Crippen MR) is 75.5 cm³/mol. The highest BCUT2D eigenvalue weighted by atomic mass is 32.2. The molecule has 0 saturated heterocycles. The number of nitrogens with zero attached hydrogens (tertiary/aromatic N) is 3. The number of aromatic nitrogens is 3. The van der Waals surface area contributed by atoms with E-state index in [-0.39, 0.29) is 0 Å². The molecule has 1 rings (SSSR count). The van der Waals surface area contributed by atoms with Crippen molar-refractivity contribution in [1.29, 1.82) is 0 Å². The van der Waals surface area contributed by atoms with Crippen LogP contribution in [0.5, 0.6) is 0 Å². The lowest BCUT2D eigenvalue weighted by atomic mass is 10.2. The molecule has 1 N–H and O–H groups in total. The Hall–Kier alpha value is -0.950. The summed E-state index contributed by atoms with van der Waals surface area (Å²) in [5, 5.41) is 7.31. The van der Waals surface area contributed by atoms with Crippen molar-refractivity contribution in [1.82, 2.24) is 20.1 Å². The molecule has 0 bridgehead atoms. The molecule has 6 nitrogen and oxygen atoms in total. The van der Waals surface area contributed by atoms with Crippen LogP contribution in [0.15, 0.2) is 6.33 Å². The van der Waals surface area contributed by atoms with Gasteiger partial charge in [-0.1, -0.05) is 13.8 Å². The zero-order valence-electron chi connectivity index (χ0n) is 12.3. The van der Waals surface area contributed by atoms with Gasteiger partial charge in [-0.3, -0.25) is 0 Å². The molecule has 0 amide bonds. The number of sulfone groups is 1. The lowest BCUT2D eigenvalue weighted by molar-refractivity contribution is 0.451. The van der Waals surface area contributed by atoms with Gasteiger partial charge in [0.05, 0.1) is 11.3 Å². The Kier molecular flexibility index (Phi) is 5.09. The van der Waals surface area contributed by atoms with E-state index in [4.69, 9.17) is 0 Å². The monoisotopic (exact) mass is 288 g/mol. The number of hydrogen-bond donors (Lipinski definition) is 1. The molecule has 0 fully saturated rings. The third-order valence-electron chi connectivity index (χ3n) is 3.07. The SMILES string of the molecule is CC(C)Cn1ncnc1CNCC(C)(C)S(C)(=O)=O. The van der Waals surface area contributed by atoms with Gasteiger partial charge in [-0.25, -0.2) is 18.1 Å². The van der Waals surface area contributed by atoms with Crippen molar-refractivity contribution in [3.8, 4) is 0 Å². The van der Waals surface area contributed by atoms with Crippen molar-refractivity contribution in [2.24, 2.45) is 5.92 Å². The quantitative estimate of drug-likeness (QED) is 0.805. The largest absolute Gasteiger partial charge is 0.308 e. The summed E-state index contributed by atoms with van der Waals surface area (Å²) in [5.41, 5.74) is 0. The highest BCUT2D eigenvalue weighted by molar-refractivity contribution is 7.92. The lowest BCUT2D eigenvalue weighted by Crippen LogP contribution is -2.41. The van der Waals surface area contributed by atoms with E-state index in [9.17, 15) is 8.42 Å². The van der Waals surface area contributed by atoms with Crippen LogP contribution in [0.4, 0.5) is 0 Å². The van der Waals surface area contributed by atoms with Gasteiger partial charge in [-0.05, 0) is 19.8 Å². The predicted octanol–water partition coefficient (Wildman–Crippen LogP) is 0.847. The molecule has 19 heavy (non-hydrogen) atoms. The molecule has 7 heteroatoms. The van der Waals surface area contributed by atoms with Crippen LogP contribution in [-0.4, -0.2) is 40.7 Å². The first-order valence-corrected chi connectivity index (χ1v) is 8.29. The fourth-order valence-electron chi connectivity index (χ4n) is 1.53. The maximum atomic E-state index is 11.6. The highest BCUT2D eigenvalue weighted by Crippen LogP contribution is 2.13. The van der Waals surface area contributed by atoms with Crippen LogP contribution in [0.25, 0.3) is 0 Å². The third-order valence-corrected chi connectivity index (χ3v) is 5.22. The van der Waals surface area contributed by atoms with Crippen molar-refractivity contribution < 1.29 is 8.42 Å². The summed E-state index contributed by atoms with van der Waals surface area (Å²) in [6, 6.07) is 0. The molecule has 1 aromatic heterocycles. The van der Waals surface area contributed by atoms with Gasteiger partial charge in [0.2, 0.25) is 0 Å². The summed E-state index contributed by atoms with van der Waals surface area (Å²) in [6.07, 6.45) is 2.79. The number of rotatable bonds is 7. The molecular formula is C12H24N4O2S. The van der Waals surface area contributed by atoms with Crippen molar-refractivity contribution in [3.05, 3.63) is 12.2 Å². The van der Waals surface area contributed by atoms with E-state index < -0.39 is 14.6 Å². The topological polar surface area (TPSA) is 76.9 Å². The minimum absolute atomic E-state index is 0.389. The van der Waals surface area contributed by atoms with Gasteiger partial charge in [0.15, 0.2) is 9.84 Å². The van der Waals surface area contributed by atoms with Gasteiger partial charge in [0.25, 0.3) is 0 Å². The Balaban J connectivity index is 2.57. The molecule has 0 aliphatic rings. The van der Waals surface area contributed by atoms with E-state index >= 15 is 0 Å². The molecule has 110 valence electrons. The van der Waals surface area contributed by atoms with Gasteiger partial charge in [0.1, 0.15) is 12.2 Å². The lowest BCUT2D eigenvalue weighted by Gasteiger charge is -2.22. The maximum Gasteiger partial charge on any atom is 0.153 e. The van der Waals surface area contributed by atoms with Crippen LogP contribution in [0.2, 0.25) is 0 Å². The van der Waals surface area contributed by atoms with Crippen LogP contribution < -0.4 is 5.32 Å². The summed E-state index contributed by atoms with van der Waals surface area (Å²) in [6.45, 7) is 9.39. The molecule has 0 atom stereocenters. The summed E-state index contributed by atoms with van der Waals surface area (Å²) >= 11 is 0. The van der Waals surface area contributed by atoms with Crippen molar-refractivity contribution in [3.63, 3.8) is 0 Å². The summed E-state index contributed by atoms with van der Waals surface area (Å²) in [5.74, 6) is 1.32. The first kappa shape index (κ1) is 16.1. The summed E-state index contributed by atoms with van der Waals surface area (Å²) in [7, 11) is -3.08. The second kappa shape index (κ2) is 6.00. The zero-order valence-corrected chi connectivity index (χ0v) is 13.2. The van der Waals surface area contributed by atoms with Crippen molar-refractivity contribution in [2.45, 2.75) is 45.5 Å². The van der Waals surface area contributed by atoms with Gasteiger partial charge >= 0.3 is 0 Å². The Morgan fingerprint density at radius 1 is 1.42 bits per heavy atom. The summed E-state index contributed by atoms with van der Waals surface area (Å²) in [4.78, 5) is 4.19.